The summed E-state index contributed by atoms with van der Waals surface area (Å²) >= 11 is 0. The van der Waals surface area contributed by atoms with Crippen LogP contribution < -0.4 is 10.6 Å². The molecule has 1 fully saturated rings. The minimum absolute atomic E-state index is 0.176. The van der Waals surface area contributed by atoms with Crippen molar-refractivity contribution in [2.75, 3.05) is 12.4 Å². The number of hydrogen-bond acceptors (Lipinski definition) is 3. The summed E-state index contributed by atoms with van der Waals surface area (Å²) in [6, 6.07) is 6.89. The molecule has 0 saturated carbocycles. The van der Waals surface area contributed by atoms with Crippen LogP contribution >= 0.6 is 0 Å². The molecule has 90 valence electrons. The monoisotopic (exact) mass is 233 g/mol. The van der Waals surface area contributed by atoms with E-state index >= 15 is 0 Å². The number of benzene rings is 1. The van der Waals surface area contributed by atoms with Gasteiger partial charge in [0.1, 0.15) is 6.04 Å². The van der Waals surface area contributed by atoms with Crippen LogP contribution in [-0.4, -0.2) is 29.9 Å². The van der Waals surface area contributed by atoms with E-state index in [1.165, 1.54) is 4.90 Å². The maximum Gasteiger partial charge on any atom is 0.325 e. The molecule has 1 aromatic carbocycles. The molecular weight excluding hydrogens is 218 g/mol. The Kier molecular flexibility index (Phi) is 2.99. The standard InChI is InChI=1S/C12H15N3O2/c1-8-11(16)15(12(17)14-8)7-9-4-3-5-10(6-9)13-2/h3-6,8,13H,7H2,1-2H3,(H,14,17). The summed E-state index contributed by atoms with van der Waals surface area (Å²) in [7, 11) is 1.83. The maximum atomic E-state index is 11.7. The molecule has 0 aliphatic carbocycles. The van der Waals surface area contributed by atoms with Crippen molar-refractivity contribution < 1.29 is 9.59 Å². The number of urea groups is 1. The molecule has 17 heavy (non-hydrogen) atoms. The molecule has 0 aromatic heterocycles. The van der Waals surface area contributed by atoms with Crippen molar-refractivity contribution >= 4 is 17.6 Å². The third-order valence-electron chi connectivity index (χ3n) is 2.78. The Bertz CT molecular complexity index is 459. The molecule has 0 bridgehead atoms. The first-order valence-corrected chi connectivity index (χ1v) is 5.50. The fourth-order valence-electron chi connectivity index (χ4n) is 1.82. The zero-order chi connectivity index (χ0) is 12.4. The lowest BCUT2D eigenvalue weighted by Crippen LogP contribution is -2.30. The predicted octanol–water partition coefficient (Wildman–Crippen LogP) is 1.17. The minimum atomic E-state index is -0.421. The molecule has 1 saturated heterocycles. The normalized spacial score (nSPS) is 19.4. The molecule has 1 heterocycles. The van der Waals surface area contributed by atoms with Crippen LogP contribution in [0.15, 0.2) is 24.3 Å². The molecule has 1 aromatic rings. The lowest BCUT2D eigenvalue weighted by molar-refractivity contribution is -0.127. The summed E-state index contributed by atoms with van der Waals surface area (Å²) in [5.74, 6) is -0.176. The van der Waals surface area contributed by atoms with Gasteiger partial charge in [-0.05, 0) is 24.6 Å². The summed E-state index contributed by atoms with van der Waals surface area (Å²) in [6.07, 6.45) is 0. The van der Waals surface area contributed by atoms with Gasteiger partial charge < -0.3 is 10.6 Å². The quantitative estimate of drug-likeness (QED) is 0.770. The predicted molar refractivity (Wildman–Crippen MR) is 64.5 cm³/mol. The molecule has 1 unspecified atom stereocenters. The zero-order valence-electron chi connectivity index (χ0n) is 9.86. The van der Waals surface area contributed by atoms with Gasteiger partial charge in [-0.25, -0.2) is 4.79 Å². The van der Waals surface area contributed by atoms with Gasteiger partial charge in [0.2, 0.25) is 0 Å². The second kappa shape index (κ2) is 4.45. The molecular formula is C12H15N3O2. The van der Waals surface area contributed by atoms with Gasteiger partial charge in [0.05, 0.1) is 6.54 Å². The first kappa shape index (κ1) is 11.4. The van der Waals surface area contributed by atoms with E-state index in [9.17, 15) is 9.59 Å². The lowest BCUT2D eigenvalue weighted by atomic mass is 10.2. The zero-order valence-corrected chi connectivity index (χ0v) is 9.86. The fourth-order valence-corrected chi connectivity index (χ4v) is 1.82. The molecule has 0 spiro atoms. The number of nitrogens with one attached hydrogen (secondary N) is 2. The van der Waals surface area contributed by atoms with Crippen molar-refractivity contribution in [3.8, 4) is 0 Å². The molecule has 0 radical (unpaired) electrons. The van der Waals surface area contributed by atoms with Gasteiger partial charge in [-0.15, -0.1) is 0 Å². The van der Waals surface area contributed by atoms with Gasteiger partial charge in [-0.2, -0.15) is 0 Å². The van der Waals surface area contributed by atoms with E-state index in [1.54, 1.807) is 6.92 Å². The molecule has 1 aliphatic heterocycles. The summed E-state index contributed by atoms with van der Waals surface area (Å²) in [5.41, 5.74) is 1.89. The number of imide groups is 1. The van der Waals surface area contributed by atoms with Gasteiger partial charge in [0, 0.05) is 12.7 Å². The third kappa shape index (κ3) is 2.22. The highest BCUT2D eigenvalue weighted by Gasteiger charge is 2.34. The SMILES string of the molecule is CNc1cccc(CN2C(=O)NC(C)C2=O)c1. The van der Waals surface area contributed by atoms with Crippen LogP contribution in [0, 0.1) is 0 Å². The first-order valence-electron chi connectivity index (χ1n) is 5.50. The summed E-state index contributed by atoms with van der Waals surface area (Å²) in [4.78, 5) is 24.5. The number of carbonyl (C=O) groups excluding carboxylic acids is 2. The van der Waals surface area contributed by atoms with E-state index in [2.05, 4.69) is 10.6 Å². The number of carbonyl (C=O) groups is 2. The molecule has 5 heteroatoms. The number of rotatable bonds is 3. The molecule has 1 atom stereocenters. The summed E-state index contributed by atoms with van der Waals surface area (Å²) in [6.45, 7) is 1.99. The van der Waals surface area contributed by atoms with E-state index in [0.29, 0.717) is 6.54 Å². The topological polar surface area (TPSA) is 61.4 Å². The highest BCUT2D eigenvalue weighted by Crippen LogP contribution is 2.15. The van der Waals surface area contributed by atoms with E-state index in [-0.39, 0.29) is 11.9 Å². The highest BCUT2D eigenvalue weighted by atomic mass is 16.2. The highest BCUT2D eigenvalue weighted by molar-refractivity contribution is 6.03. The average Bonchev–Trinajstić information content (AvgIpc) is 2.56. The minimum Gasteiger partial charge on any atom is -0.388 e. The Balaban J connectivity index is 2.15. The van der Waals surface area contributed by atoms with E-state index in [0.717, 1.165) is 11.3 Å². The third-order valence-corrected chi connectivity index (χ3v) is 2.78. The van der Waals surface area contributed by atoms with Gasteiger partial charge >= 0.3 is 6.03 Å². The fraction of sp³-hybridized carbons (Fsp3) is 0.333. The Morgan fingerprint density at radius 2 is 2.18 bits per heavy atom. The second-order valence-corrected chi connectivity index (χ2v) is 4.05. The first-order chi connectivity index (χ1) is 8.11. The van der Waals surface area contributed by atoms with Gasteiger partial charge in [0.25, 0.3) is 5.91 Å². The van der Waals surface area contributed by atoms with Crippen LogP contribution in [0.25, 0.3) is 0 Å². The van der Waals surface area contributed by atoms with E-state index < -0.39 is 6.04 Å². The average molecular weight is 233 g/mol. The van der Waals surface area contributed by atoms with E-state index in [4.69, 9.17) is 0 Å². The Labute approximate surface area is 99.8 Å². The largest absolute Gasteiger partial charge is 0.388 e. The van der Waals surface area contributed by atoms with Crippen molar-refractivity contribution in [2.24, 2.45) is 0 Å². The number of amides is 3. The molecule has 2 N–H and O–H groups in total. The smallest absolute Gasteiger partial charge is 0.325 e. The van der Waals surface area contributed by atoms with Gasteiger partial charge in [-0.3, -0.25) is 9.69 Å². The van der Waals surface area contributed by atoms with Crippen LogP contribution in [-0.2, 0) is 11.3 Å². The van der Waals surface area contributed by atoms with Crippen molar-refractivity contribution in [2.45, 2.75) is 19.5 Å². The van der Waals surface area contributed by atoms with Crippen LogP contribution in [0.1, 0.15) is 12.5 Å². The van der Waals surface area contributed by atoms with Gasteiger partial charge in [0.15, 0.2) is 0 Å². The van der Waals surface area contributed by atoms with E-state index in [1.807, 2.05) is 31.3 Å². The lowest BCUT2D eigenvalue weighted by Gasteiger charge is -2.13. The van der Waals surface area contributed by atoms with Crippen LogP contribution in [0.3, 0.4) is 0 Å². The second-order valence-electron chi connectivity index (χ2n) is 4.05. The Morgan fingerprint density at radius 3 is 2.76 bits per heavy atom. The van der Waals surface area contributed by atoms with Crippen molar-refractivity contribution in [3.05, 3.63) is 29.8 Å². The van der Waals surface area contributed by atoms with Crippen LogP contribution in [0.5, 0.6) is 0 Å². The van der Waals surface area contributed by atoms with Crippen LogP contribution in [0.4, 0.5) is 10.5 Å². The van der Waals surface area contributed by atoms with Gasteiger partial charge in [-0.1, -0.05) is 12.1 Å². The Hall–Kier alpha value is -2.04. The van der Waals surface area contributed by atoms with Crippen molar-refractivity contribution in [1.82, 2.24) is 10.2 Å². The molecule has 1 aliphatic rings. The molecule has 5 nitrogen and oxygen atoms in total. The Morgan fingerprint density at radius 1 is 1.41 bits per heavy atom. The van der Waals surface area contributed by atoms with Crippen LogP contribution in [0.2, 0.25) is 0 Å². The van der Waals surface area contributed by atoms with Crippen molar-refractivity contribution in [3.63, 3.8) is 0 Å². The maximum absolute atomic E-state index is 11.7. The summed E-state index contributed by atoms with van der Waals surface area (Å²) in [5, 5.41) is 5.61. The number of nitrogens with zero attached hydrogens (tertiary/aromatic N) is 1. The molecule has 3 amide bonds. The van der Waals surface area contributed by atoms with Crippen molar-refractivity contribution in [1.29, 1.82) is 0 Å². The molecule has 2 rings (SSSR count). The number of anilines is 1. The summed E-state index contributed by atoms with van der Waals surface area (Å²) < 4.78 is 0. The number of hydrogen-bond donors (Lipinski definition) is 2.